The summed E-state index contributed by atoms with van der Waals surface area (Å²) in [6.07, 6.45) is 0.905. The third kappa shape index (κ3) is 2.22. The monoisotopic (exact) mass is 255 g/mol. The molecule has 0 bridgehead atoms. The summed E-state index contributed by atoms with van der Waals surface area (Å²) in [4.78, 5) is 14.1. The molecular formula is C15H13NOS. The zero-order valence-electron chi connectivity index (χ0n) is 10.1. The molecule has 3 heteroatoms. The van der Waals surface area contributed by atoms with E-state index in [-0.39, 0.29) is 4.87 Å². The van der Waals surface area contributed by atoms with Crippen molar-refractivity contribution in [2.45, 2.75) is 13.3 Å². The number of rotatable bonds is 2. The smallest absolute Gasteiger partial charge is 0.305 e. The van der Waals surface area contributed by atoms with Crippen LogP contribution in [0.4, 0.5) is 0 Å². The number of fused-ring (bicyclic) bond motifs is 1. The Morgan fingerprint density at radius 3 is 2.56 bits per heavy atom. The first-order chi connectivity index (χ1) is 8.70. The number of aromatic nitrogens is 1. The van der Waals surface area contributed by atoms with E-state index in [9.17, 15) is 4.79 Å². The summed E-state index contributed by atoms with van der Waals surface area (Å²) in [6, 6.07) is 14.7. The number of H-pyrrole nitrogens is 1. The summed E-state index contributed by atoms with van der Waals surface area (Å²) in [5.74, 6) is 0. The van der Waals surface area contributed by atoms with Crippen molar-refractivity contribution in [3.63, 3.8) is 0 Å². The second-order valence-corrected chi connectivity index (χ2v) is 5.52. The summed E-state index contributed by atoms with van der Waals surface area (Å²) in [7, 11) is 0. The number of aromatic amines is 1. The minimum atomic E-state index is 0.0116. The first-order valence-corrected chi connectivity index (χ1v) is 6.70. The lowest BCUT2D eigenvalue weighted by molar-refractivity contribution is 1.19. The van der Waals surface area contributed by atoms with E-state index in [1.165, 1.54) is 28.0 Å². The maximum absolute atomic E-state index is 11.3. The molecule has 1 N–H and O–H groups in total. The van der Waals surface area contributed by atoms with E-state index in [0.717, 1.165) is 16.6 Å². The average Bonchev–Trinajstić information content (AvgIpc) is 2.71. The van der Waals surface area contributed by atoms with Crippen LogP contribution in [-0.4, -0.2) is 4.98 Å². The zero-order valence-corrected chi connectivity index (χ0v) is 10.9. The van der Waals surface area contributed by atoms with Crippen LogP contribution < -0.4 is 4.87 Å². The Kier molecular flexibility index (Phi) is 2.76. The molecule has 0 radical (unpaired) electrons. The SMILES string of the molecule is Cc1ccc(Cc2ccc3[nH]c(=O)sc3c2)cc1. The van der Waals surface area contributed by atoms with E-state index in [1.807, 2.05) is 6.07 Å². The van der Waals surface area contributed by atoms with Crippen molar-refractivity contribution in [2.24, 2.45) is 0 Å². The fourth-order valence-electron chi connectivity index (χ4n) is 2.04. The lowest BCUT2D eigenvalue weighted by Crippen LogP contribution is -1.89. The molecule has 0 aliphatic carbocycles. The van der Waals surface area contributed by atoms with Gasteiger partial charge < -0.3 is 4.98 Å². The average molecular weight is 255 g/mol. The first-order valence-electron chi connectivity index (χ1n) is 5.88. The van der Waals surface area contributed by atoms with Gasteiger partial charge in [0, 0.05) is 0 Å². The van der Waals surface area contributed by atoms with Gasteiger partial charge in [0.25, 0.3) is 0 Å². The van der Waals surface area contributed by atoms with E-state index in [4.69, 9.17) is 0 Å². The maximum Gasteiger partial charge on any atom is 0.305 e. The van der Waals surface area contributed by atoms with E-state index < -0.39 is 0 Å². The Morgan fingerprint density at radius 2 is 1.78 bits per heavy atom. The maximum atomic E-state index is 11.3. The predicted octanol–water partition coefficient (Wildman–Crippen LogP) is 3.49. The third-order valence-corrected chi connectivity index (χ3v) is 3.86. The molecule has 2 nitrogen and oxygen atoms in total. The molecule has 1 aromatic heterocycles. The second-order valence-electron chi connectivity index (χ2n) is 4.51. The molecule has 1 heterocycles. The summed E-state index contributed by atoms with van der Waals surface area (Å²) < 4.78 is 1.03. The molecule has 2 aromatic carbocycles. The van der Waals surface area contributed by atoms with Crippen molar-refractivity contribution in [1.82, 2.24) is 4.98 Å². The van der Waals surface area contributed by atoms with Crippen LogP contribution in [0.2, 0.25) is 0 Å². The van der Waals surface area contributed by atoms with Crippen LogP contribution >= 0.6 is 11.3 Å². The van der Waals surface area contributed by atoms with E-state index in [1.54, 1.807) is 0 Å². The molecule has 0 amide bonds. The minimum Gasteiger partial charge on any atom is -0.312 e. The molecule has 0 aliphatic rings. The summed E-state index contributed by atoms with van der Waals surface area (Å²) in [6.45, 7) is 2.09. The Balaban J connectivity index is 1.94. The Hall–Kier alpha value is -1.87. The molecule has 3 aromatic rings. The van der Waals surface area contributed by atoms with Crippen molar-refractivity contribution in [2.75, 3.05) is 0 Å². The van der Waals surface area contributed by atoms with Crippen molar-refractivity contribution in [3.8, 4) is 0 Å². The van der Waals surface area contributed by atoms with E-state index >= 15 is 0 Å². The van der Waals surface area contributed by atoms with Crippen LogP contribution in [0.15, 0.2) is 47.3 Å². The van der Waals surface area contributed by atoms with Gasteiger partial charge in [-0.1, -0.05) is 47.2 Å². The number of hydrogen-bond acceptors (Lipinski definition) is 2. The van der Waals surface area contributed by atoms with Crippen molar-refractivity contribution >= 4 is 21.6 Å². The summed E-state index contributed by atoms with van der Waals surface area (Å²) in [5.41, 5.74) is 4.74. The quantitative estimate of drug-likeness (QED) is 0.747. The molecule has 0 spiro atoms. The molecule has 0 aliphatic heterocycles. The zero-order chi connectivity index (χ0) is 12.5. The normalized spacial score (nSPS) is 10.9. The van der Waals surface area contributed by atoms with Gasteiger partial charge >= 0.3 is 4.87 Å². The fourth-order valence-corrected chi connectivity index (χ4v) is 2.84. The molecule has 0 fully saturated rings. The summed E-state index contributed by atoms with van der Waals surface area (Å²) in [5, 5.41) is 0. The highest BCUT2D eigenvalue weighted by Gasteiger charge is 2.01. The van der Waals surface area contributed by atoms with Crippen LogP contribution in [0.25, 0.3) is 10.2 Å². The number of nitrogens with one attached hydrogen (secondary N) is 1. The van der Waals surface area contributed by atoms with Crippen LogP contribution in [0.1, 0.15) is 16.7 Å². The molecule has 0 saturated carbocycles. The van der Waals surface area contributed by atoms with Crippen LogP contribution in [0.3, 0.4) is 0 Å². The molecular weight excluding hydrogens is 242 g/mol. The fraction of sp³-hybridized carbons (Fsp3) is 0.133. The number of hydrogen-bond donors (Lipinski definition) is 1. The topological polar surface area (TPSA) is 32.9 Å². The Labute approximate surface area is 109 Å². The van der Waals surface area contributed by atoms with Gasteiger partial charge in [-0.05, 0) is 36.6 Å². The van der Waals surface area contributed by atoms with Gasteiger partial charge in [-0.25, -0.2) is 0 Å². The Morgan fingerprint density at radius 1 is 1.06 bits per heavy atom. The van der Waals surface area contributed by atoms with E-state index in [2.05, 4.69) is 48.3 Å². The predicted molar refractivity (Wildman–Crippen MR) is 76.4 cm³/mol. The van der Waals surface area contributed by atoms with Gasteiger partial charge in [0.15, 0.2) is 0 Å². The largest absolute Gasteiger partial charge is 0.312 e. The van der Waals surface area contributed by atoms with Crippen LogP contribution in [0.5, 0.6) is 0 Å². The van der Waals surface area contributed by atoms with Gasteiger partial charge in [-0.3, -0.25) is 4.79 Å². The lowest BCUT2D eigenvalue weighted by atomic mass is 10.0. The molecule has 3 rings (SSSR count). The van der Waals surface area contributed by atoms with Crippen molar-refractivity contribution in [1.29, 1.82) is 0 Å². The van der Waals surface area contributed by atoms with E-state index in [0.29, 0.717) is 0 Å². The van der Waals surface area contributed by atoms with Gasteiger partial charge in [0.2, 0.25) is 0 Å². The van der Waals surface area contributed by atoms with Crippen LogP contribution in [-0.2, 0) is 6.42 Å². The highest BCUT2D eigenvalue weighted by atomic mass is 32.1. The Bertz CT molecular complexity index is 737. The lowest BCUT2D eigenvalue weighted by Gasteiger charge is -2.02. The molecule has 18 heavy (non-hydrogen) atoms. The molecule has 0 atom stereocenters. The van der Waals surface area contributed by atoms with Crippen molar-refractivity contribution in [3.05, 3.63) is 68.8 Å². The molecule has 0 saturated heterocycles. The van der Waals surface area contributed by atoms with Gasteiger partial charge in [0.05, 0.1) is 10.2 Å². The van der Waals surface area contributed by atoms with Crippen molar-refractivity contribution < 1.29 is 0 Å². The number of benzene rings is 2. The van der Waals surface area contributed by atoms with Crippen LogP contribution in [0, 0.1) is 6.92 Å². The summed E-state index contributed by atoms with van der Waals surface area (Å²) >= 11 is 1.27. The van der Waals surface area contributed by atoms with Gasteiger partial charge in [-0.2, -0.15) is 0 Å². The second kappa shape index (κ2) is 4.42. The van der Waals surface area contributed by atoms with Gasteiger partial charge in [-0.15, -0.1) is 0 Å². The molecule has 0 unspecified atom stereocenters. The van der Waals surface area contributed by atoms with Gasteiger partial charge in [0.1, 0.15) is 0 Å². The standard InChI is InChI=1S/C15H13NOS/c1-10-2-4-11(5-3-10)8-12-6-7-13-14(9-12)18-15(17)16-13/h2-7,9H,8H2,1H3,(H,16,17). The third-order valence-electron chi connectivity index (χ3n) is 3.01. The molecule has 90 valence electrons. The highest BCUT2D eigenvalue weighted by Crippen LogP contribution is 2.18. The number of aryl methyl sites for hydroxylation is 1. The minimum absolute atomic E-state index is 0.0116. The first kappa shape index (κ1) is 11.2. The highest BCUT2D eigenvalue weighted by molar-refractivity contribution is 7.16. The number of thiazole rings is 1.